The van der Waals surface area contributed by atoms with Crippen molar-refractivity contribution in [2.75, 3.05) is 19.0 Å². The van der Waals surface area contributed by atoms with Gasteiger partial charge < -0.3 is 0 Å². The van der Waals surface area contributed by atoms with E-state index >= 15 is 0 Å². The maximum atomic E-state index is 5.85. The molecule has 0 N–H and O–H groups in total. The molecule has 0 amide bonds. The quantitative estimate of drug-likeness (QED) is 0.803. The lowest BCUT2D eigenvalue weighted by Gasteiger charge is -2.31. The van der Waals surface area contributed by atoms with E-state index in [1.807, 2.05) is 0 Å². The van der Waals surface area contributed by atoms with Crippen LogP contribution in [0.3, 0.4) is 0 Å². The summed E-state index contributed by atoms with van der Waals surface area (Å²) in [6, 6.07) is 0. The zero-order chi connectivity index (χ0) is 12.4. The average Bonchev–Trinajstić information content (AvgIpc) is 2.90. The van der Waals surface area contributed by atoms with E-state index in [-0.39, 0.29) is 0 Å². The van der Waals surface area contributed by atoms with E-state index in [0.29, 0.717) is 0 Å². The number of fused-ring (bicyclic) bond motifs is 1. The molecular weight excluding hydrogens is 266 g/mol. The number of nitrogens with zero attached hydrogens (tertiary/aromatic N) is 3. The molecule has 2 aromatic heterocycles. The monoisotopic (exact) mass is 283 g/mol. The Morgan fingerprint density at radius 3 is 3.28 bits per heavy atom. The molecule has 2 aromatic rings. The van der Waals surface area contributed by atoms with Gasteiger partial charge >= 0.3 is 0 Å². The molecule has 1 unspecified atom stereocenters. The minimum atomic E-state index is 0.778. The molecule has 1 atom stereocenters. The normalized spacial score (nSPS) is 21.7. The first kappa shape index (κ1) is 12.5. The van der Waals surface area contributed by atoms with Gasteiger partial charge in [0.2, 0.25) is 0 Å². The number of rotatable bonds is 4. The number of imidazole rings is 1. The van der Waals surface area contributed by atoms with Gasteiger partial charge in [0.1, 0.15) is 0 Å². The third kappa shape index (κ3) is 2.71. The Balaban J connectivity index is 1.63. The second-order valence-electron chi connectivity index (χ2n) is 5.05. The zero-order valence-corrected chi connectivity index (χ0v) is 12.0. The fraction of sp³-hybridized carbons (Fsp3) is 0.615. The van der Waals surface area contributed by atoms with Crippen LogP contribution in [0.25, 0.3) is 4.96 Å². The predicted octanol–water partition coefficient (Wildman–Crippen LogP) is 3.24. The second kappa shape index (κ2) is 5.59. The summed E-state index contributed by atoms with van der Waals surface area (Å²) in [7, 11) is 0. The van der Waals surface area contributed by atoms with Crippen LogP contribution in [0.4, 0.5) is 0 Å². The summed E-state index contributed by atoms with van der Waals surface area (Å²) in [5, 5.41) is 2.07. The molecule has 0 bridgehead atoms. The molecule has 3 nitrogen and oxygen atoms in total. The number of alkyl halides is 1. The first-order chi connectivity index (χ1) is 8.85. The Bertz CT molecular complexity index is 477. The van der Waals surface area contributed by atoms with Crippen molar-refractivity contribution in [2.45, 2.75) is 25.8 Å². The number of halogens is 1. The van der Waals surface area contributed by atoms with Gasteiger partial charge in [-0.25, -0.2) is 4.98 Å². The molecule has 5 heteroatoms. The van der Waals surface area contributed by atoms with Gasteiger partial charge in [-0.1, -0.05) is 0 Å². The molecule has 1 aliphatic rings. The summed E-state index contributed by atoms with van der Waals surface area (Å²) in [6.07, 6.45) is 8.00. The predicted molar refractivity (Wildman–Crippen MR) is 76.4 cm³/mol. The van der Waals surface area contributed by atoms with Crippen molar-refractivity contribution in [1.29, 1.82) is 0 Å². The van der Waals surface area contributed by atoms with Crippen LogP contribution < -0.4 is 0 Å². The highest BCUT2D eigenvalue weighted by atomic mass is 35.5. The number of likely N-dealkylation sites (tertiary alicyclic amines) is 1. The van der Waals surface area contributed by atoms with Crippen molar-refractivity contribution < 1.29 is 0 Å². The average molecular weight is 284 g/mol. The first-order valence-corrected chi connectivity index (χ1v) is 7.96. The van der Waals surface area contributed by atoms with Gasteiger partial charge in [-0.05, 0) is 31.7 Å². The van der Waals surface area contributed by atoms with E-state index in [1.165, 1.54) is 31.6 Å². The third-order valence-corrected chi connectivity index (χ3v) is 4.64. The zero-order valence-electron chi connectivity index (χ0n) is 10.4. The highest BCUT2D eigenvalue weighted by molar-refractivity contribution is 7.15. The molecule has 1 saturated heterocycles. The minimum absolute atomic E-state index is 0.778. The fourth-order valence-electron chi connectivity index (χ4n) is 2.77. The number of thiazole rings is 1. The van der Waals surface area contributed by atoms with Crippen molar-refractivity contribution in [3.8, 4) is 0 Å². The van der Waals surface area contributed by atoms with Crippen LogP contribution in [0, 0.1) is 5.92 Å². The van der Waals surface area contributed by atoms with Gasteiger partial charge in [0.15, 0.2) is 4.96 Å². The van der Waals surface area contributed by atoms with Crippen molar-refractivity contribution in [1.82, 2.24) is 14.3 Å². The molecule has 18 heavy (non-hydrogen) atoms. The molecule has 1 fully saturated rings. The minimum Gasteiger partial charge on any atom is -0.297 e. The molecule has 3 heterocycles. The maximum Gasteiger partial charge on any atom is 0.193 e. The van der Waals surface area contributed by atoms with Crippen molar-refractivity contribution in [2.24, 2.45) is 5.92 Å². The van der Waals surface area contributed by atoms with Crippen LogP contribution >= 0.6 is 22.9 Å². The smallest absolute Gasteiger partial charge is 0.193 e. The lowest BCUT2D eigenvalue weighted by molar-refractivity contribution is 0.164. The summed E-state index contributed by atoms with van der Waals surface area (Å²) >= 11 is 7.54. The lowest BCUT2D eigenvalue weighted by Crippen LogP contribution is -2.35. The van der Waals surface area contributed by atoms with Crippen molar-refractivity contribution >= 4 is 27.9 Å². The molecule has 1 aliphatic heterocycles. The molecule has 0 aliphatic carbocycles. The summed E-state index contributed by atoms with van der Waals surface area (Å²) < 4.78 is 2.11. The van der Waals surface area contributed by atoms with Gasteiger partial charge in [-0.15, -0.1) is 22.9 Å². The molecule has 3 rings (SSSR count). The van der Waals surface area contributed by atoms with Gasteiger partial charge in [-0.2, -0.15) is 0 Å². The number of hydrogen-bond donors (Lipinski definition) is 0. The SMILES string of the molecule is ClCCC1CCCN(Cc2cn3ccsc3n2)C1. The van der Waals surface area contributed by atoms with Gasteiger partial charge in [0, 0.05) is 36.7 Å². The Morgan fingerprint density at radius 2 is 2.44 bits per heavy atom. The third-order valence-electron chi connectivity index (χ3n) is 3.65. The number of hydrogen-bond acceptors (Lipinski definition) is 3. The Kier molecular flexibility index (Phi) is 3.87. The summed E-state index contributed by atoms with van der Waals surface area (Å²) in [6.45, 7) is 3.36. The Labute approximate surface area is 116 Å². The van der Waals surface area contributed by atoms with E-state index in [4.69, 9.17) is 11.6 Å². The molecule has 0 radical (unpaired) electrons. The van der Waals surface area contributed by atoms with E-state index in [1.54, 1.807) is 11.3 Å². The van der Waals surface area contributed by atoms with Gasteiger partial charge in [0.25, 0.3) is 0 Å². The van der Waals surface area contributed by atoms with E-state index < -0.39 is 0 Å². The van der Waals surface area contributed by atoms with Crippen LogP contribution in [0.2, 0.25) is 0 Å². The maximum absolute atomic E-state index is 5.85. The van der Waals surface area contributed by atoms with E-state index in [0.717, 1.165) is 29.7 Å². The first-order valence-electron chi connectivity index (χ1n) is 6.54. The molecular formula is C13H18ClN3S. The number of piperidine rings is 1. The Hall–Kier alpha value is -0.580. The topological polar surface area (TPSA) is 20.5 Å². The Morgan fingerprint density at radius 1 is 1.50 bits per heavy atom. The van der Waals surface area contributed by atoms with Gasteiger partial charge in [-0.3, -0.25) is 9.30 Å². The highest BCUT2D eigenvalue weighted by Gasteiger charge is 2.20. The largest absolute Gasteiger partial charge is 0.297 e. The van der Waals surface area contributed by atoms with Crippen molar-refractivity contribution in [3.63, 3.8) is 0 Å². The van der Waals surface area contributed by atoms with E-state index in [2.05, 4.69) is 32.1 Å². The summed E-state index contributed by atoms with van der Waals surface area (Å²) in [5.74, 6) is 1.57. The number of aromatic nitrogens is 2. The molecule has 0 saturated carbocycles. The molecule has 98 valence electrons. The summed E-state index contributed by atoms with van der Waals surface area (Å²) in [5.41, 5.74) is 1.19. The van der Waals surface area contributed by atoms with Crippen LogP contribution in [-0.4, -0.2) is 33.3 Å². The fourth-order valence-corrected chi connectivity index (χ4v) is 3.79. The van der Waals surface area contributed by atoms with Crippen molar-refractivity contribution in [3.05, 3.63) is 23.5 Å². The second-order valence-corrected chi connectivity index (χ2v) is 6.30. The van der Waals surface area contributed by atoms with E-state index in [9.17, 15) is 0 Å². The van der Waals surface area contributed by atoms with Crippen LogP contribution in [0.5, 0.6) is 0 Å². The lowest BCUT2D eigenvalue weighted by atomic mass is 9.95. The van der Waals surface area contributed by atoms with Crippen LogP contribution in [0.1, 0.15) is 25.0 Å². The molecule has 0 spiro atoms. The standard InChI is InChI=1S/C13H18ClN3S/c14-4-3-11-2-1-5-16(8-11)9-12-10-17-6-7-18-13(17)15-12/h6-7,10-11H,1-5,8-9H2. The van der Waals surface area contributed by atoms with Crippen LogP contribution in [0.15, 0.2) is 17.8 Å². The molecule has 0 aromatic carbocycles. The van der Waals surface area contributed by atoms with Crippen LogP contribution in [-0.2, 0) is 6.54 Å². The summed E-state index contributed by atoms with van der Waals surface area (Å²) in [4.78, 5) is 8.27. The highest BCUT2D eigenvalue weighted by Crippen LogP contribution is 2.22. The van der Waals surface area contributed by atoms with Gasteiger partial charge in [0.05, 0.1) is 5.69 Å².